The number of hydrogen-bond acceptors (Lipinski definition) is 5. The second-order valence-corrected chi connectivity index (χ2v) is 5.19. The minimum absolute atomic E-state index is 0.243. The van der Waals surface area contributed by atoms with E-state index in [9.17, 15) is 4.79 Å². The largest absolute Gasteiger partial charge is 0.497 e. The molecule has 0 unspecified atom stereocenters. The first-order valence-corrected chi connectivity index (χ1v) is 7.47. The third-order valence-corrected chi connectivity index (χ3v) is 3.59. The van der Waals surface area contributed by atoms with Gasteiger partial charge < -0.3 is 14.2 Å². The fourth-order valence-electron chi connectivity index (χ4n) is 2.40. The highest BCUT2D eigenvalue weighted by Gasteiger charge is 2.23. The number of rotatable bonds is 5. The SMILES string of the molecule is COc1ccc(OC)c(/C=C2\N=C(Cc3ccccc3)OC2=O)c1. The molecule has 122 valence electrons. The third-order valence-electron chi connectivity index (χ3n) is 3.59. The van der Waals surface area contributed by atoms with Crippen molar-refractivity contribution in [2.75, 3.05) is 14.2 Å². The molecule has 3 rings (SSSR count). The highest BCUT2D eigenvalue weighted by Crippen LogP contribution is 2.27. The number of methoxy groups -OCH3 is 2. The summed E-state index contributed by atoms with van der Waals surface area (Å²) in [6, 6.07) is 15.1. The molecule has 0 aromatic heterocycles. The minimum atomic E-state index is -0.467. The van der Waals surface area contributed by atoms with E-state index in [1.807, 2.05) is 30.3 Å². The van der Waals surface area contributed by atoms with Crippen molar-refractivity contribution >= 4 is 17.9 Å². The van der Waals surface area contributed by atoms with Crippen LogP contribution in [-0.4, -0.2) is 26.1 Å². The second-order valence-electron chi connectivity index (χ2n) is 5.19. The molecule has 0 radical (unpaired) electrons. The van der Waals surface area contributed by atoms with Crippen LogP contribution >= 0.6 is 0 Å². The summed E-state index contributed by atoms with van der Waals surface area (Å²) in [5.41, 5.74) is 1.98. The summed E-state index contributed by atoms with van der Waals surface area (Å²) in [4.78, 5) is 16.4. The number of nitrogens with zero attached hydrogens (tertiary/aromatic N) is 1. The monoisotopic (exact) mass is 323 g/mol. The number of cyclic esters (lactones) is 1. The van der Waals surface area contributed by atoms with Gasteiger partial charge in [-0.05, 0) is 29.8 Å². The zero-order valence-corrected chi connectivity index (χ0v) is 13.5. The molecule has 0 spiro atoms. The van der Waals surface area contributed by atoms with Crippen LogP contribution in [-0.2, 0) is 16.0 Å². The van der Waals surface area contributed by atoms with Crippen molar-refractivity contribution in [3.63, 3.8) is 0 Å². The Morgan fingerprint density at radius 1 is 1.08 bits per heavy atom. The van der Waals surface area contributed by atoms with E-state index in [4.69, 9.17) is 14.2 Å². The summed E-state index contributed by atoms with van der Waals surface area (Å²) in [6.07, 6.45) is 2.11. The summed E-state index contributed by atoms with van der Waals surface area (Å²) in [6.45, 7) is 0. The van der Waals surface area contributed by atoms with E-state index in [1.165, 1.54) is 0 Å². The van der Waals surface area contributed by atoms with Crippen molar-refractivity contribution in [3.8, 4) is 11.5 Å². The first-order valence-electron chi connectivity index (χ1n) is 7.47. The van der Waals surface area contributed by atoms with E-state index >= 15 is 0 Å². The fourth-order valence-corrected chi connectivity index (χ4v) is 2.40. The van der Waals surface area contributed by atoms with Gasteiger partial charge in [-0.2, -0.15) is 0 Å². The smallest absolute Gasteiger partial charge is 0.363 e. The van der Waals surface area contributed by atoms with Crippen LogP contribution in [0.2, 0.25) is 0 Å². The molecular weight excluding hydrogens is 306 g/mol. The van der Waals surface area contributed by atoms with Crippen molar-refractivity contribution < 1.29 is 19.0 Å². The van der Waals surface area contributed by atoms with Gasteiger partial charge in [0.25, 0.3) is 0 Å². The van der Waals surface area contributed by atoms with E-state index in [0.717, 1.165) is 5.56 Å². The van der Waals surface area contributed by atoms with Crippen molar-refractivity contribution in [1.29, 1.82) is 0 Å². The van der Waals surface area contributed by atoms with Crippen LogP contribution in [0.3, 0.4) is 0 Å². The molecule has 0 N–H and O–H groups in total. The number of esters is 1. The van der Waals surface area contributed by atoms with Crippen molar-refractivity contribution in [1.82, 2.24) is 0 Å². The van der Waals surface area contributed by atoms with Gasteiger partial charge in [0.05, 0.1) is 14.2 Å². The second kappa shape index (κ2) is 7.00. The summed E-state index contributed by atoms with van der Waals surface area (Å²) in [5.74, 6) is 1.22. The van der Waals surface area contributed by atoms with E-state index < -0.39 is 5.97 Å². The van der Waals surface area contributed by atoms with Crippen molar-refractivity contribution in [2.24, 2.45) is 4.99 Å². The summed E-state index contributed by atoms with van der Waals surface area (Å²) < 4.78 is 15.8. The molecule has 24 heavy (non-hydrogen) atoms. The van der Waals surface area contributed by atoms with Gasteiger partial charge in [0, 0.05) is 12.0 Å². The molecule has 2 aromatic rings. The first-order chi connectivity index (χ1) is 11.7. The lowest BCUT2D eigenvalue weighted by molar-refractivity contribution is -0.130. The van der Waals surface area contributed by atoms with E-state index in [0.29, 0.717) is 29.4 Å². The van der Waals surface area contributed by atoms with Gasteiger partial charge in [-0.25, -0.2) is 9.79 Å². The topological polar surface area (TPSA) is 57.1 Å². The Labute approximate surface area is 140 Å². The predicted octanol–water partition coefficient (Wildman–Crippen LogP) is 3.24. The molecule has 2 aromatic carbocycles. The molecular formula is C19H17NO4. The summed E-state index contributed by atoms with van der Waals surface area (Å²) >= 11 is 0. The van der Waals surface area contributed by atoms with Crippen molar-refractivity contribution in [2.45, 2.75) is 6.42 Å². The Hall–Kier alpha value is -3.08. The molecule has 1 aliphatic rings. The number of aliphatic imine (C=N–C) groups is 1. The van der Waals surface area contributed by atoms with Crippen LogP contribution in [0, 0.1) is 0 Å². The van der Waals surface area contributed by atoms with Gasteiger partial charge in [-0.1, -0.05) is 30.3 Å². The van der Waals surface area contributed by atoms with Crippen LogP contribution < -0.4 is 9.47 Å². The normalized spacial score (nSPS) is 15.2. The van der Waals surface area contributed by atoms with Crippen molar-refractivity contribution in [3.05, 3.63) is 65.4 Å². The van der Waals surface area contributed by atoms with Crippen LogP contribution in [0.15, 0.2) is 59.2 Å². The maximum atomic E-state index is 12.1. The van der Waals surface area contributed by atoms with E-state index in [1.54, 1.807) is 38.5 Å². The summed E-state index contributed by atoms with van der Waals surface area (Å²) in [7, 11) is 3.15. The average Bonchev–Trinajstić information content (AvgIpc) is 2.94. The summed E-state index contributed by atoms with van der Waals surface area (Å²) in [5, 5.41) is 0. The molecule has 0 saturated heterocycles. The number of carbonyl (C=O) groups is 1. The molecule has 1 aliphatic heterocycles. The highest BCUT2D eigenvalue weighted by molar-refractivity contribution is 6.07. The third kappa shape index (κ3) is 3.46. The van der Waals surface area contributed by atoms with Crippen LogP contribution in [0.5, 0.6) is 11.5 Å². The van der Waals surface area contributed by atoms with Gasteiger partial charge >= 0.3 is 5.97 Å². The van der Waals surface area contributed by atoms with Crippen LogP contribution in [0.25, 0.3) is 6.08 Å². The molecule has 0 fully saturated rings. The Balaban J connectivity index is 1.88. The number of hydrogen-bond donors (Lipinski definition) is 0. The average molecular weight is 323 g/mol. The Kier molecular flexibility index (Phi) is 4.61. The zero-order chi connectivity index (χ0) is 16.9. The quantitative estimate of drug-likeness (QED) is 0.626. The molecule has 0 bridgehead atoms. The fraction of sp³-hybridized carbons (Fsp3) is 0.158. The lowest BCUT2D eigenvalue weighted by Gasteiger charge is -2.07. The maximum absolute atomic E-state index is 12.1. The van der Waals surface area contributed by atoms with Gasteiger partial charge in [-0.3, -0.25) is 0 Å². The molecule has 1 heterocycles. The molecule has 0 saturated carbocycles. The maximum Gasteiger partial charge on any atom is 0.363 e. The molecule has 5 nitrogen and oxygen atoms in total. The van der Waals surface area contributed by atoms with E-state index in [2.05, 4.69) is 4.99 Å². The number of benzene rings is 2. The van der Waals surface area contributed by atoms with Gasteiger partial charge in [0.15, 0.2) is 5.70 Å². The minimum Gasteiger partial charge on any atom is -0.497 e. The Morgan fingerprint density at radius 3 is 2.58 bits per heavy atom. The number of carbonyl (C=O) groups excluding carboxylic acids is 1. The molecule has 5 heteroatoms. The van der Waals surface area contributed by atoms with Crippen LogP contribution in [0.1, 0.15) is 11.1 Å². The van der Waals surface area contributed by atoms with Crippen LogP contribution in [0.4, 0.5) is 0 Å². The standard InChI is InChI=1S/C19H17NO4/c1-22-15-8-9-17(23-2)14(11-15)12-16-19(21)24-18(20-16)10-13-6-4-3-5-7-13/h3-9,11-12H,10H2,1-2H3/b16-12-. The lowest BCUT2D eigenvalue weighted by Crippen LogP contribution is -2.06. The molecule has 0 atom stereocenters. The Bertz CT molecular complexity index is 809. The zero-order valence-electron chi connectivity index (χ0n) is 13.5. The van der Waals surface area contributed by atoms with E-state index in [-0.39, 0.29) is 5.70 Å². The van der Waals surface area contributed by atoms with Gasteiger partial charge in [-0.15, -0.1) is 0 Å². The number of ether oxygens (including phenoxy) is 3. The highest BCUT2D eigenvalue weighted by atomic mass is 16.6. The van der Waals surface area contributed by atoms with Gasteiger partial charge in [0.1, 0.15) is 11.5 Å². The predicted molar refractivity (Wildman–Crippen MR) is 91.2 cm³/mol. The van der Waals surface area contributed by atoms with Gasteiger partial charge in [0.2, 0.25) is 5.90 Å². The Morgan fingerprint density at radius 2 is 1.88 bits per heavy atom. The lowest BCUT2D eigenvalue weighted by atomic mass is 10.1. The first kappa shape index (κ1) is 15.8. The molecule has 0 amide bonds. The molecule has 0 aliphatic carbocycles.